The van der Waals surface area contributed by atoms with Gasteiger partial charge in [-0.25, -0.2) is 0 Å². The molecule has 1 atom stereocenters. The van der Waals surface area contributed by atoms with Gasteiger partial charge in [-0.05, 0) is 6.07 Å². The van der Waals surface area contributed by atoms with Crippen LogP contribution in [0.15, 0.2) is 24.5 Å². The molecular weight excluding hydrogens is 152 g/mol. The predicted molar refractivity (Wildman–Crippen MR) is 46.7 cm³/mol. The van der Waals surface area contributed by atoms with Crippen molar-refractivity contribution < 1.29 is 4.79 Å². The van der Waals surface area contributed by atoms with Crippen LogP contribution in [0.25, 0.3) is 6.08 Å². The van der Waals surface area contributed by atoms with E-state index in [-0.39, 0.29) is 6.04 Å². The fourth-order valence-electron chi connectivity index (χ4n) is 1.19. The molecule has 60 valence electrons. The number of aromatic nitrogens is 1. The van der Waals surface area contributed by atoms with Crippen LogP contribution in [0.4, 0.5) is 5.69 Å². The van der Waals surface area contributed by atoms with E-state index in [1.807, 2.05) is 18.2 Å². The minimum atomic E-state index is -0.195. The second kappa shape index (κ2) is 2.77. The van der Waals surface area contributed by atoms with E-state index < -0.39 is 0 Å². The fourth-order valence-corrected chi connectivity index (χ4v) is 1.19. The monoisotopic (exact) mass is 160 g/mol. The number of nitrogens with one attached hydrogen (secondary N) is 1. The van der Waals surface area contributed by atoms with Crippen molar-refractivity contribution >= 4 is 18.0 Å². The molecule has 1 aliphatic heterocycles. The van der Waals surface area contributed by atoms with Crippen molar-refractivity contribution in [2.75, 3.05) is 5.32 Å². The van der Waals surface area contributed by atoms with E-state index in [1.165, 1.54) is 0 Å². The number of hydrogen-bond acceptors (Lipinski definition) is 3. The van der Waals surface area contributed by atoms with Crippen LogP contribution in [0.1, 0.15) is 5.56 Å². The maximum atomic E-state index is 10.4. The minimum Gasteiger partial charge on any atom is -0.372 e. The highest BCUT2D eigenvalue weighted by molar-refractivity contribution is 5.78. The molecule has 0 saturated heterocycles. The Bertz CT molecular complexity index is 333. The van der Waals surface area contributed by atoms with Crippen molar-refractivity contribution in [2.24, 2.45) is 0 Å². The summed E-state index contributed by atoms with van der Waals surface area (Å²) in [6.45, 7) is 0. The van der Waals surface area contributed by atoms with Gasteiger partial charge in [-0.3, -0.25) is 4.98 Å². The van der Waals surface area contributed by atoms with Crippen molar-refractivity contribution in [3.05, 3.63) is 30.1 Å². The molecule has 0 radical (unpaired) electrons. The first-order valence-corrected chi connectivity index (χ1v) is 3.74. The Kier molecular flexibility index (Phi) is 1.63. The molecule has 2 heterocycles. The summed E-state index contributed by atoms with van der Waals surface area (Å²) in [5, 5.41) is 3.05. The van der Waals surface area contributed by atoms with E-state index in [0.29, 0.717) is 0 Å². The lowest BCUT2D eigenvalue weighted by Crippen LogP contribution is -2.21. The molecule has 1 aromatic heterocycles. The van der Waals surface area contributed by atoms with Gasteiger partial charge in [0.25, 0.3) is 0 Å². The van der Waals surface area contributed by atoms with Crippen molar-refractivity contribution in [2.45, 2.75) is 6.04 Å². The minimum absolute atomic E-state index is 0.195. The molecule has 3 heteroatoms. The number of hydrogen-bond donors (Lipinski definition) is 1. The zero-order valence-corrected chi connectivity index (χ0v) is 6.40. The first-order valence-electron chi connectivity index (χ1n) is 3.74. The van der Waals surface area contributed by atoms with E-state index in [0.717, 1.165) is 17.5 Å². The van der Waals surface area contributed by atoms with Crippen molar-refractivity contribution in [1.29, 1.82) is 0 Å². The Morgan fingerprint density at radius 3 is 3.33 bits per heavy atom. The molecule has 0 spiro atoms. The van der Waals surface area contributed by atoms with Crippen LogP contribution < -0.4 is 5.32 Å². The Morgan fingerprint density at radius 1 is 1.58 bits per heavy atom. The van der Waals surface area contributed by atoms with Crippen molar-refractivity contribution in [1.82, 2.24) is 4.98 Å². The molecule has 0 amide bonds. The van der Waals surface area contributed by atoms with Gasteiger partial charge in [0, 0.05) is 23.6 Å². The van der Waals surface area contributed by atoms with E-state index in [2.05, 4.69) is 10.3 Å². The highest BCUT2D eigenvalue weighted by Crippen LogP contribution is 2.20. The summed E-state index contributed by atoms with van der Waals surface area (Å²) in [5.41, 5.74) is 1.99. The Morgan fingerprint density at radius 2 is 2.50 bits per heavy atom. The first kappa shape index (κ1) is 7.03. The molecule has 1 unspecified atom stereocenters. The van der Waals surface area contributed by atoms with Gasteiger partial charge in [-0.2, -0.15) is 0 Å². The third kappa shape index (κ3) is 1.09. The van der Waals surface area contributed by atoms with Gasteiger partial charge < -0.3 is 10.1 Å². The maximum Gasteiger partial charge on any atom is 0.146 e. The summed E-state index contributed by atoms with van der Waals surface area (Å²) in [4.78, 5) is 14.4. The largest absolute Gasteiger partial charge is 0.372 e. The summed E-state index contributed by atoms with van der Waals surface area (Å²) in [6.07, 6.45) is 8.06. The smallest absolute Gasteiger partial charge is 0.146 e. The molecule has 0 aromatic carbocycles. The average molecular weight is 160 g/mol. The quantitative estimate of drug-likeness (QED) is 0.625. The van der Waals surface area contributed by atoms with Crippen LogP contribution >= 0.6 is 0 Å². The summed E-state index contributed by atoms with van der Waals surface area (Å²) < 4.78 is 0. The summed E-state index contributed by atoms with van der Waals surface area (Å²) in [7, 11) is 0. The molecule has 0 saturated carbocycles. The van der Waals surface area contributed by atoms with E-state index in [4.69, 9.17) is 0 Å². The molecule has 12 heavy (non-hydrogen) atoms. The zero-order valence-electron chi connectivity index (χ0n) is 6.40. The van der Waals surface area contributed by atoms with Crippen LogP contribution in [-0.4, -0.2) is 17.3 Å². The van der Waals surface area contributed by atoms with Crippen LogP contribution in [0.2, 0.25) is 0 Å². The van der Waals surface area contributed by atoms with E-state index in [9.17, 15) is 4.79 Å². The molecule has 2 rings (SSSR count). The standard InChI is InChI=1S/C9H8N2O/c12-6-8-2-1-7-5-10-4-3-9(7)11-8/h1-6,8,11H. The Labute approximate surface area is 70.1 Å². The molecule has 0 fully saturated rings. The number of nitrogens with zero attached hydrogens (tertiary/aromatic N) is 1. The number of carbonyl (C=O) groups is 1. The summed E-state index contributed by atoms with van der Waals surface area (Å²) >= 11 is 0. The molecule has 1 aliphatic rings. The fraction of sp³-hybridized carbons (Fsp3) is 0.111. The zero-order chi connectivity index (χ0) is 8.39. The van der Waals surface area contributed by atoms with Gasteiger partial charge >= 0.3 is 0 Å². The topological polar surface area (TPSA) is 42.0 Å². The lowest BCUT2D eigenvalue weighted by atomic mass is 10.1. The molecular formula is C9H8N2O. The van der Waals surface area contributed by atoms with Crippen LogP contribution in [-0.2, 0) is 4.79 Å². The van der Waals surface area contributed by atoms with Crippen molar-refractivity contribution in [3.8, 4) is 0 Å². The maximum absolute atomic E-state index is 10.4. The van der Waals surface area contributed by atoms with Gasteiger partial charge in [0.1, 0.15) is 12.3 Å². The van der Waals surface area contributed by atoms with Gasteiger partial charge in [-0.1, -0.05) is 12.2 Å². The SMILES string of the molecule is O=CC1C=Cc2cnccc2N1. The second-order valence-electron chi connectivity index (χ2n) is 2.63. The van der Waals surface area contributed by atoms with Crippen LogP contribution in [0.5, 0.6) is 0 Å². The third-order valence-corrected chi connectivity index (χ3v) is 1.80. The normalized spacial score (nSPS) is 19.5. The van der Waals surface area contributed by atoms with E-state index in [1.54, 1.807) is 12.4 Å². The average Bonchev–Trinajstić information content (AvgIpc) is 2.17. The number of fused-ring (bicyclic) bond motifs is 1. The Balaban J connectivity index is 2.39. The summed E-state index contributed by atoms with van der Waals surface area (Å²) in [5.74, 6) is 0. The van der Waals surface area contributed by atoms with Gasteiger partial charge in [0.15, 0.2) is 0 Å². The molecule has 1 aromatic rings. The van der Waals surface area contributed by atoms with Gasteiger partial charge in [-0.15, -0.1) is 0 Å². The lowest BCUT2D eigenvalue weighted by molar-refractivity contribution is -0.107. The third-order valence-electron chi connectivity index (χ3n) is 1.80. The lowest BCUT2D eigenvalue weighted by Gasteiger charge is -2.16. The number of anilines is 1. The second-order valence-corrected chi connectivity index (χ2v) is 2.63. The molecule has 0 aliphatic carbocycles. The van der Waals surface area contributed by atoms with Crippen LogP contribution in [0, 0.1) is 0 Å². The highest BCUT2D eigenvalue weighted by Gasteiger charge is 2.09. The van der Waals surface area contributed by atoms with Gasteiger partial charge in [0.2, 0.25) is 0 Å². The number of rotatable bonds is 1. The Hall–Kier alpha value is -1.64. The number of pyridine rings is 1. The molecule has 3 nitrogen and oxygen atoms in total. The van der Waals surface area contributed by atoms with Crippen molar-refractivity contribution in [3.63, 3.8) is 0 Å². The van der Waals surface area contributed by atoms with E-state index >= 15 is 0 Å². The highest BCUT2D eigenvalue weighted by atomic mass is 16.1. The summed E-state index contributed by atoms with van der Waals surface area (Å²) in [6, 6.07) is 1.66. The number of carbonyl (C=O) groups excluding carboxylic acids is 1. The number of aldehydes is 1. The molecule has 1 N–H and O–H groups in total. The van der Waals surface area contributed by atoms with Gasteiger partial charge in [0.05, 0.1) is 0 Å². The predicted octanol–water partition coefficient (Wildman–Crippen LogP) is 1.09. The van der Waals surface area contributed by atoms with Crippen LogP contribution in [0.3, 0.4) is 0 Å². The molecule has 0 bridgehead atoms. The first-order chi connectivity index (χ1) is 5.90.